The van der Waals surface area contributed by atoms with Gasteiger partial charge in [-0.2, -0.15) is 0 Å². The van der Waals surface area contributed by atoms with Crippen LogP contribution in [0.2, 0.25) is 0 Å². The third-order valence-corrected chi connectivity index (χ3v) is 3.61. The lowest BCUT2D eigenvalue weighted by Gasteiger charge is -2.41. The lowest BCUT2D eigenvalue weighted by Crippen LogP contribution is -2.62. The first kappa shape index (κ1) is 15.7. The summed E-state index contributed by atoms with van der Waals surface area (Å²) >= 11 is 0. The van der Waals surface area contributed by atoms with E-state index in [4.69, 9.17) is 0 Å². The Bertz CT molecular complexity index is 504. The summed E-state index contributed by atoms with van der Waals surface area (Å²) in [6, 6.07) is 0. The predicted molar refractivity (Wildman–Crippen MR) is 83.1 cm³/mol. The second-order valence-corrected chi connectivity index (χ2v) is 6.96. The highest BCUT2D eigenvalue weighted by atomic mass is 16.2. The van der Waals surface area contributed by atoms with Crippen molar-refractivity contribution in [3.63, 3.8) is 0 Å². The molecule has 0 unspecified atom stereocenters. The van der Waals surface area contributed by atoms with Crippen molar-refractivity contribution < 1.29 is 4.79 Å². The highest BCUT2D eigenvalue weighted by molar-refractivity contribution is 5.89. The van der Waals surface area contributed by atoms with E-state index < -0.39 is 5.54 Å². The molecule has 0 radical (unpaired) electrons. The number of rotatable bonds is 3. The van der Waals surface area contributed by atoms with Crippen LogP contribution in [0.5, 0.6) is 0 Å². The predicted octanol–water partition coefficient (Wildman–Crippen LogP) is 1.08. The average Bonchev–Trinajstić information content (AvgIpc) is 2.39. The maximum absolute atomic E-state index is 12.0. The number of amides is 1. The van der Waals surface area contributed by atoms with Crippen molar-refractivity contribution in [2.75, 3.05) is 18.0 Å². The molecule has 1 aromatic heterocycles. The van der Waals surface area contributed by atoms with Crippen LogP contribution >= 0.6 is 0 Å². The van der Waals surface area contributed by atoms with Crippen molar-refractivity contribution in [2.24, 2.45) is 0 Å². The van der Waals surface area contributed by atoms with Gasteiger partial charge in [-0.15, -0.1) is 0 Å². The van der Waals surface area contributed by atoms with Crippen LogP contribution in [-0.2, 0) is 11.3 Å². The summed E-state index contributed by atoms with van der Waals surface area (Å²) in [7, 11) is 0. The Kier molecular flexibility index (Phi) is 4.18. The lowest BCUT2D eigenvalue weighted by molar-refractivity contribution is -0.126. The standard InChI is InChI=1S/C15H25N5O/c1-14(2,3)19-10-11-8-17-13(18-9-11)20-7-6-16-12(21)15(20,4)5/h8-9,19H,6-7,10H2,1-5H3,(H,16,21). The van der Waals surface area contributed by atoms with E-state index in [0.717, 1.165) is 18.7 Å². The number of piperazine rings is 1. The minimum atomic E-state index is -0.622. The normalized spacial score (nSPS) is 18.5. The van der Waals surface area contributed by atoms with Gasteiger partial charge in [0.25, 0.3) is 0 Å². The molecule has 1 fully saturated rings. The average molecular weight is 291 g/mol. The number of hydrogen-bond acceptors (Lipinski definition) is 5. The number of nitrogens with one attached hydrogen (secondary N) is 2. The number of aromatic nitrogens is 2. The molecule has 0 bridgehead atoms. The Morgan fingerprint density at radius 2 is 1.95 bits per heavy atom. The van der Waals surface area contributed by atoms with Gasteiger partial charge in [-0.1, -0.05) is 0 Å². The zero-order valence-corrected chi connectivity index (χ0v) is 13.5. The van der Waals surface area contributed by atoms with Gasteiger partial charge in [-0.05, 0) is 34.6 Å². The van der Waals surface area contributed by atoms with E-state index in [-0.39, 0.29) is 11.4 Å². The number of anilines is 1. The van der Waals surface area contributed by atoms with E-state index in [1.165, 1.54) is 0 Å². The van der Waals surface area contributed by atoms with E-state index in [0.29, 0.717) is 12.5 Å². The zero-order chi connectivity index (χ0) is 15.7. The molecule has 21 heavy (non-hydrogen) atoms. The van der Waals surface area contributed by atoms with Crippen molar-refractivity contribution in [1.82, 2.24) is 20.6 Å². The summed E-state index contributed by atoms with van der Waals surface area (Å²) in [6.45, 7) is 12.2. The summed E-state index contributed by atoms with van der Waals surface area (Å²) in [5.74, 6) is 0.616. The third-order valence-electron chi connectivity index (χ3n) is 3.61. The molecular weight excluding hydrogens is 266 g/mol. The van der Waals surface area contributed by atoms with Crippen LogP contribution in [0.3, 0.4) is 0 Å². The molecule has 2 rings (SSSR count). The van der Waals surface area contributed by atoms with Crippen molar-refractivity contribution >= 4 is 11.9 Å². The topological polar surface area (TPSA) is 70.2 Å². The van der Waals surface area contributed by atoms with Crippen molar-refractivity contribution in [1.29, 1.82) is 0 Å². The van der Waals surface area contributed by atoms with Gasteiger partial charge in [0.15, 0.2) is 0 Å². The largest absolute Gasteiger partial charge is 0.352 e. The molecule has 0 aromatic carbocycles. The summed E-state index contributed by atoms with van der Waals surface area (Å²) < 4.78 is 0. The summed E-state index contributed by atoms with van der Waals surface area (Å²) in [5.41, 5.74) is 0.475. The van der Waals surface area contributed by atoms with Crippen LogP contribution in [0.15, 0.2) is 12.4 Å². The maximum Gasteiger partial charge on any atom is 0.245 e. The van der Waals surface area contributed by atoms with E-state index in [2.05, 4.69) is 41.4 Å². The van der Waals surface area contributed by atoms with Gasteiger partial charge in [0, 0.05) is 43.1 Å². The van der Waals surface area contributed by atoms with Crippen LogP contribution in [-0.4, -0.2) is 40.0 Å². The Morgan fingerprint density at radius 1 is 1.33 bits per heavy atom. The quantitative estimate of drug-likeness (QED) is 0.872. The molecule has 6 heteroatoms. The highest BCUT2D eigenvalue weighted by Gasteiger charge is 2.38. The van der Waals surface area contributed by atoms with Crippen LogP contribution in [0.4, 0.5) is 5.95 Å². The Hall–Kier alpha value is -1.69. The summed E-state index contributed by atoms with van der Waals surface area (Å²) in [4.78, 5) is 22.8. The maximum atomic E-state index is 12.0. The minimum absolute atomic E-state index is 0.0100. The molecule has 1 aliphatic rings. The van der Waals surface area contributed by atoms with Crippen molar-refractivity contribution in [3.05, 3.63) is 18.0 Å². The molecule has 0 aliphatic carbocycles. The van der Waals surface area contributed by atoms with E-state index in [1.54, 1.807) is 0 Å². The zero-order valence-electron chi connectivity index (χ0n) is 13.5. The van der Waals surface area contributed by atoms with Gasteiger partial charge in [0.1, 0.15) is 5.54 Å². The van der Waals surface area contributed by atoms with Crippen molar-refractivity contribution in [2.45, 2.75) is 52.2 Å². The SMILES string of the molecule is CC(C)(C)NCc1cnc(N2CCNC(=O)C2(C)C)nc1. The van der Waals surface area contributed by atoms with Gasteiger partial charge >= 0.3 is 0 Å². The van der Waals surface area contributed by atoms with Crippen LogP contribution in [0.1, 0.15) is 40.2 Å². The smallest absolute Gasteiger partial charge is 0.245 e. The monoisotopic (exact) mass is 291 g/mol. The van der Waals surface area contributed by atoms with Crippen LogP contribution < -0.4 is 15.5 Å². The van der Waals surface area contributed by atoms with E-state index in [9.17, 15) is 4.79 Å². The lowest BCUT2D eigenvalue weighted by atomic mass is 9.99. The Morgan fingerprint density at radius 3 is 2.52 bits per heavy atom. The Balaban J connectivity index is 2.10. The molecule has 1 aromatic rings. The second-order valence-electron chi connectivity index (χ2n) is 6.96. The van der Waals surface area contributed by atoms with Gasteiger partial charge in [-0.25, -0.2) is 9.97 Å². The van der Waals surface area contributed by atoms with Gasteiger partial charge in [0.05, 0.1) is 0 Å². The Labute approximate surface area is 126 Å². The molecule has 0 atom stereocenters. The molecule has 1 saturated heterocycles. The first-order valence-corrected chi connectivity index (χ1v) is 7.32. The van der Waals surface area contributed by atoms with Crippen LogP contribution in [0, 0.1) is 0 Å². The van der Waals surface area contributed by atoms with E-state index >= 15 is 0 Å². The fourth-order valence-corrected chi connectivity index (χ4v) is 2.20. The number of nitrogens with zero attached hydrogens (tertiary/aromatic N) is 3. The van der Waals surface area contributed by atoms with Gasteiger partial charge in [-0.3, -0.25) is 4.79 Å². The molecule has 6 nitrogen and oxygen atoms in total. The molecule has 2 heterocycles. The molecule has 0 saturated carbocycles. The molecule has 0 spiro atoms. The molecule has 1 aliphatic heterocycles. The molecular formula is C15H25N5O. The third kappa shape index (κ3) is 3.69. The minimum Gasteiger partial charge on any atom is -0.352 e. The highest BCUT2D eigenvalue weighted by Crippen LogP contribution is 2.22. The van der Waals surface area contributed by atoms with Crippen LogP contribution in [0.25, 0.3) is 0 Å². The second kappa shape index (κ2) is 5.60. The number of carbonyl (C=O) groups is 1. The van der Waals surface area contributed by atoms with Gasteiger partial charge in [0.2, 0.25) is 11.9 Å². The summed E-state index contributed by atoms with van der Waals surface area (Å²) in [5, 5.41) is 6.28. The molecule has 116 valence electrons. The van der Waals surface area contributed by atoms with Gasteiger partial charge < -0.3 is 15.5 Å². The van der Waals surface area contributed by atoms with Crippen molar-refractivity contribution in [3.8, 4) is 0 Å². The summed E-state index contributed by atoms with van der Waals surface area (Å²) in [6.07, 6.45) is 3.65. The fourth-order valence-electron chi connectivity index (χ4n) is 2.20. The first-order valence-electron chi connectivity index (χ1n) is 7.32. The number of carbonyl (C=O) groups excluding carboxylic acids is 1. The number of hydrogen-bond donors (Lipinski definition) is 2. The first-order chi connectivity index (χ1) is 9.70. The van der Waals surface area contributed by atoms with E-state index in [1.807, 2.05) is 31.1 Å². The molecule has 1 amide bonds. The fraction of sp³-hybridized carbons (Fsp3) is 0.667. The molecule has 2 N–H and O–H groups in total.